The third-order valence-corrected chi connectivity index (χ3v) is 5.04. The Balaban J connectivity index is 2.05. The van der Waals surface area contributed by atoms with Crippen molar-refractivity contribution in [3.05, 3.63) is 29.3 Å². The van der Waals surface area contributed by atoms with Gasteiger partial charge in [0.15, 0.2) is 0 Å². The minimum Gasteiger partial charge on any atom is -0.389 e. The number of anilines is 1. The van der Waals surface area contributed by atoms with Crippen LogP contribution in [-0.4, -0.2) is 22.0 Å². The molecule has 19 heavy (non-hydrogen) atoms. The van der Waals surface area contributed by atoms with Gasteiger partial charge in [0.2, 0.25) is 0 Å². The molecule has 0 spiro atoms. The summed E-state index contributed by atoms with van der Waals surface area (Å²) in [6, 6.07) is 6.83. The maximum atomic E-state index is 5.82. The highest BCUT2D eigenvalue weighted by Gasteiger charge is 2.24. The van der Waals surface area contributed by atoms with Gasteiger partial charge in [-0.25, -0.2) is 0 Å². The fraction of sp³-hybridized carbons (Fsp3) is 0.533. The van der Waals surface area contributed by atoms with Crippen LogP contribution in [0, 0.1) is 6.92 Å². The molecule has 0 amide bonds. The summed E-state index contributed by atoms with van der Waals surface area (Å²) < 4.78 is 0. The lowest BCUT2D eigenvalue weighted by molar-refractivity contribution is 0.757. The van der Waals surface area contributed by atoms with Crippen molar-refractivity contribution in [3.8, 4) is 0 Å². The molecule has 1 aliphatic rings. The molecule has 104 valence electrons. The standard InChI is InChI=1S/C15H22N2S2/c1-3-19-12-6-5-11(9-12)17-14-7-4-10(2)8-13(14)15(16)18/h4,7-8,11-12,17H,3,5-6,9H2,1-2H3,(H2,16,18). The van der Waals surface area contributed by atoms with Crippen molar-refractivity contribution in [1.82, 2.24) is 0 Å². The van der Waals surface area contributed by atoms with Crippen LogP contribution in [0.2, 0.25) is 0 Å². The van der Waals surface area contributed by atoms with E-state index in [1.807, 2.05) is 0 Å². The van der Waals surface area contributed by atoms with E-state index < -0.39 is 0 Å². The molecule has 1 aliphatic carbocycles. The Bertz CT molecular complexity index is 459. The first-order valence-corrected chi connectivity index (χ1v) is 8.34. The highest BCUT2D eigenvalue weighted by molar-refractivity contribution is 7.99. The van der Waals surface area contributed by atoms with Gasteiger partial charge < -0.3 is 11.1 Å². The molecule has 0 aromatic heterocycles. The van der Waals surface area contributed by atoms with Crippen LogP contribution >= 0.6 is 24.0 Å². The van der Waals surface area contributed by atoms with E-state index >= 15 is 0 Å². The van der Waals surface area contributed by atoms with Crippen molar-refractivity contribution in [1.29, 1.82) is 0 Å². The van der Waals surface area contributed by atoms with Crippen molar-refractivity contribution < 1.29 is 0 Å². The lowest BCUT2D eigenvalue weighted by Gasteiger charge is -2.17. The highest BCUT2D eigenvalue weighted by Crippen LogP contribution is 2.32. The van der Waals surface area contributed by atoms with Crippen LogP contribution in [0.5, 0.6) is 0 Å². The van der Waals surface area contributed by atoms with Gasteiger partial charge in [-0.3, -0.25) is 0 Å². The fourth-order valence-corrected chi connectivity index (χ4v) is 3.98. The molecular formula is C15H22N2S2. The molecule has 3 N–H and O–H groups in total. The maximum absolute atomic E-state index is 5.82. The van der Waals surface area contributed by atoms with Crippen molar-refractivity contribution in [3.63, 3.8) is 0 Å². The van der Waals surface area contributed by atoms with Crippen LogP contribution in [0.3, 0.4) is 0 Å². The molecule has 1 fully saturated rings. The topological polar surface area (TPSA) is 38.0 Å². The van der Waals surface area contributed by atoms with Gasteiger partial charge in [-0.1, -0.05) is 30.8 Å². The molecule has 0 heterocycles. The summed E-state index contributed by atoms with van der Waals surface area (Å²) in [5.74, 6) is 1.21. The third-order valence-electron chi connectivity index (χ3n) is 3.59. The van der Waals surface area contributed by atoms with E-state index in [4.69, 9.17) is 18.0 Å². The van der Waals surface area contributed by atoms with Crippen molar-refractivity contribution in [2.24, 2.45) is 5.73 Å². The Hall–Kier alpha value is -0.740. The summed E-state index contributed by atoms with van der Waals surface area (Å²) in [5.41, 5.74) is 9.08. The Kier molecular flexibility index (Phi) is 5.11. The molecule has 1 saturated carbocycles. The number of hydrogen-bond donors (Lipinski definition) is 2. The van der Waals surface area contributed by atoms with E-state index in [2.05, 4.69) is 49.1 Å². The van der Waals surface area contributed by atoms with Gasteiger partial charge in [0.1, 0.15) is 4.99 Å². The molecule has 2 nitrogen and oxygen atoms in total. The highest BCUT2D eigenvalue weighted by atomic mass is 32.2. The zero-order valence-electron chi connectivity index (χ0n) is 11.6. The summed E-state index contributed by atoms with van der Waals surface area (Å²) in [6.07, 6.45) is 3.79. The van der Waals surface area contributed by atoms with Gasteiger partial charge in [0, 0.05) is 22.5 Å². The number of nitrogens with one attached hydrogen (secondary N) is 1. The van der Waals surface area contributed by atoms with Gasteiger partial charge in [0.05, 0.1) is 0 Å². The molecule has 2 atom stereocenters. The molecule has 0 radical (unpaired) electrons. The first kappa shape index (κ1) is 14.7. The van der Waals surface area contributed by atoms with E-state index in [1.54, 1.807) is 0 Å². The summed E-state index contributed by atoms with van der Waals surface area (Å²) in [5, 5.41) is 4.43. The third kappa shape index (κ3) is 3.86. The maximum Gasteiger partial charge on any atom is 0.106 e. The molecule has 0 saturated heterocycles. The van der Waals surface area contributed by atoms with Crippen LogP contribution in [0.15, 0.2) is 18.2 Å². The number of hydrogen-bond acceptors (Lipinski definition) is 3. The Morgan fingerprint density at radius 2 is 2.26 bits per heavy atom. The molecule has 2 unspecified atom stereocenters. The number of thioether (sulfide) groups is 1. The zero-order valence-corrected chi connectivity index (χ0v) is 13.2. The lowest BCUT2D eigenvalue weighted by Crippen LogP contribution is -2.20. The molecular weight excluding hydrogens is 272 g/mol. The molecule has 0 bridgehead atoms. The van der Waals surface area contributed by atoms with Crippen LogP contribution < -0.4 is 11.1 Å². The Labute approximate surface area is 125 Å². The van der Waals surface area contributed by atoms with Crippen LogP contribution in [0.25, 0.3) is 0 Å². The summed E-state index contributed by atoms with van der Waals surface area (Å²) in [7, 11) is 0. The number of rotatable bonds is 5. The quantitative estimate of drug-likeness (QED) is 0.812. The van der Waals surface area contributed by atoms with E-state index in [-0.39, 0.29) is 0 Å². The second-order valence-electron chi connectivity index (χ2n) is 5.14. The van der Waals surface area contributed by atoms with Crippen LogP contribution in [-0.2, 0) is 0 Å². The minimum absolute atomic E-state index is 0.476. The summed E-state index contributed by atoms with van der Waals surface area (Å²) in [6.45, 7) is 4.30. The van der Waals surface area contributed by atoms with E-state index in [0.29, 0.717) is 11.0 Å². The predicted octanol–water partition coefficient (Wildman–Crippen LogP) is 3.72. The second-order valence-corrected chi connectivity index (χ2v) is 7.16. The second kappa shape index (κ2) is 6.62. The predicted molar refractivity (Wildman–Crippen MR) is 90.2 cm³/mol. The Morgan fingerprint density at radius 3 is 2.95 bits per heavy atom. The summed E-state index contributed by atoms with van der Waals surface area (Å²) >= 11 is 7.22. The van der Waals surface area contributed by atoms with Crippen LogP contribution in [0.4, 0.5) is 5.69 Å². The van der Waals surface area contributed by atoms with Gasteiger partial charge in [0.25, 0.3) is 0 Å². The minimum atomic E-state index is 0.476. The SMILES string of the molecule is CCSC1CCC(Nc2ccc(C)cc2C(N)=S)C1. The molecule has 2 rings (SSSR count). The normalized spacial score (nSPS) is 22.4. The summed E-state index contributed by atoms with van der Waals surface area (Å²) in [4.78, 5) is 0.476. The number of benzene rings is 1. The largest absolute Gasteiger partial charge is 0.389 e. The molecule has 0 aliphatic heterocycles. The lowest BCUT2D eigenvalue weighted by atomic mass is 10.1. The van der Waals surface area contributed by atoms with Gasteiger partial charge in [-0.15, -0.1) is 0 Å². The molecule has 1 aromatic carbocycles. The number of thiocarbonyl (C=S) groups is 1. The average Bonchev–Trinajstić information content (AvgIpc) is 2.79. The first-order valence-electron chi connectivity index (χ1n) is 6.88. The fourth-order valence-electron chi connectivity index (χ4n) is 2.67. The van der Waals surface area contributed by atoms with Crippen LogP contribution in [0.1, 0.15) is 37.3 Å². The zero-order chi connectivity index (χ0) is 13.8. The van der Waals surface area contributed by atoms with Gasteiger partial charge >= 0.3 is 0 Å². The average molecular weight is 294 g/mol. The van der Waals surface area contributed by atoms with Crippen molar-refractivity contribution in [2.75, 3.05) is 11.1 Å². The van der Waals surface area contributed by atoms with E-state index in [9.17, 15) is 0 Å². The number of aryl methyl sites for hydroxylation is 1. The smallest absolute Gasteiger partial charge is 0.106 e. The van der Waals surface area contributed by atoms with Crippen molar-refractivity contribution >= 4 is 34.7 Å². The van der Waals surface area contributed by atoms with E-state index in [1.165, 1.54) is 30.6 Å². The van der Waals surface area contributed by atoms with Crippen molar-refractivity contribution in [2.45, 2.75) is 44.4 Å². The molecule has 4 heteroatoms. The Morgan fingerprint density at radius 1 is 1.47 bits per heavy atom. The first-order chi connectivity index (χ1) is 9.10. The van der Waals surface area contributed by atoms with Gasteiger partial charge in [-0.05, 0) is 44.1 Å². The monoisotopic (exact) mass is 294 g/mol. The van der Waals surface area contributed by atoms with Gasteiger partial charge in [-0.2, -0.15) is 11.8 Å². The molecule has 1 aromatic rings. The van der Waals surface area contributed by atoms with E-state index in [0.717, 1.165) is 16.5 Å². The number of nitrogens with two attached hydrogens (primary N) is 1.